The normalized spacial score (nSPS) is 23.0. The summed E-state index contributed by atoms with van der Waals surface area (Å²) in [5, 5.41) is 8.46. The van der Waals surface area contributed by atoms with Crippen LogP contribution in [-0.4, -0.2) is 48.5 Å². The summed E-state index contributed by atoms with van der Waals surface area (Å²) < 4.78 is 23.2. The Morgan fingerprint density at radius 1 is 1.33 bits per heavy atom. The molecule has 128 valence electrons. The summed E-state index contributed by atoms with van der Waals surface area (Å²) in [6.07, 6.45) is 0.709. The molecule has 0 saturated carbocycles. The van der Waals surface area contributed by atoms with Gasteiger partial charge in [-0.05, 0) is 24.6 Å². The monoisotopic (exact) mass is 369 g/mol. The molecule has 1 aromatic rings. The average molecular weight is 370 g/mol. The maximum atomic E-state index is 12.3. The van der Waals surface area contributed by atoms with Crippen LogP contribution < -0.4 is 5.32 Å². The van der Waals surface area contributed by atoms with Crippen LogP contribution in [0, 0.1) is 0 Å². The van der Waals surface area contributed by atoms with Gasteiger partial charge in [-0.15, -0.1) is 0 Å². The fraction of sp³-hybridized carbons (Fsp3) is 0.400. The van der Waals surface area contributed by atoms with Crippen LogP contribution in [0.1, 0.15) is 19.3 Å². The van der Waals surface area contributed by atoms with Gasteiger partial charge >= 0.3 is 0 Å². The van der Waals surface area contributed by atoms with Crippen LogP contribution in [0.5, 0.6) is 0 Å². The van der Waals surface area contributed by atoms with Gasteiger partial charge in [-0.2, -0.15) is 5.10 Å². The summed E-state index contributed by atoms with van der Waals surface area (Å²) in [7, 11) is -3.14. The molecule has 1 N–H and O–H groups in total. The zero-order chi connectivity index (χ0) is 17.3. The number of hydrogen-bond donors (Lipinski definition) is 1. The SMILES string of the molecule is O=C(Nc1cccc(Cl)c1)C1=NN([C@@H]2CCS(=O)(=O)C2)C(=O)CC1. The van der Waals surface area contributed by atoms with E-state index >= 15 is 0 Å². The number of rotatable bonds is 3. The van der Waals surface area contributed by atoms with E-state index in [0.29, 0.717) is 17.1 Å². The molecule has 0 spiro atoms. The van der Waals surface area contributed by atoms with Crippen molar-refractivity contribution in [3.63, 3.8) is 0 Å². The van der Waals surface area contributed by atoms with Gasteiger partial charge in [-0.1, -0.05) is 17.7 Å². The second kappa shape index (κ2) is 6.52. The minimum absolute atomic E-state index is 0.0427. The van der Waals surface area contributed by atoms with Crippen LogP contribution in [0.2, 0.25) is 5.02 Å². The minimum Gasteiger partial charge on any atom is -0.321 e. The first kappa shape index (κ1) is 16.9. The Balaban J connectivity index is 1.76. The quantitative estimate of drug-likeness (QED) is 0.872. The number of amides is 2. The van der Waals surface area contributed by atoms with Gasteiger partial charge in [0.1, 0.15) is 5.71 Å². The number of hydrogen-bond acceptors (Lipinski definition) is 5. The van der Waals surface area contributed by atoms with Crippen molar-refractivity contribution in [2.45, 2.75) is 25.3 Å². The van der Waals surface area contributed by atoms with E-state index in [4.69, 9.17) is 11.6 Å². The molecule has 2 amide bonds. The number of anilines is 1. The average Bonchev–Trinajstić information content (AvgIpc) is 2.87. The van der Waals surface area contributed by atoms with Crippen LogP contribution in [0.3, 0.4) is 0 Å². The Kier molecular flexibility index (Phi) is 4.60. The first-order valence-electron chi connectivity index (χ1n) is 7.51. The molecule has 2 aliphatic rings. The number of halogens is 1. The van der Waals surface area contributed by atoms with Crippen molar-refractivity contribution in [3.8, 4) is 0 Å². The molecule has 1 atom stereocenters. The van der Waals surface area contributed by atoms with E-state index in [0.717, 1.165) is 0 Å². The van der Waals surface area contributed by atoms with E-state index < -0.39 is 21.8 Å². The lowest BCUT2D eigenvalue weighted by Gasteiger charge is -2.27. The van der Waals surface area contributed by atoms with Gasteiger partial charge in [0.15, 0.2) is 9.84 Å². The number of benzene rings is 1. The molecule has 1 aromatic carbocycles. The zero-order valence-corrected chi connectivity index (χ0v) is 14.3. The molecule has 1 fully saturated rings. The molecule has 2 heterocycles. The van der Waals surface area contributed by atoms with Crippen molar-refractivity contribution >= 4 is 44.7 Å². The van der Waals surface area contributed by atoms with Crippen molar-refractivity contribution in [3.05, 3.63) is 29.3 Å². The predicted molar refractivity (Wildman–Crippen MR) is 90.7 cm³/mol. The predicted octanol–water partition coefficient (Wildman–Crippen LogP) is 1.44. The summed E-state index contributed by atoms with van der Waals surface area (Å²) in [5.41, 5.74) is 0.737. The van der Waals surface area contributed by atoms with E-state index in [2.05, 4.69) is 10.4 Å². The van der Waals surface area contributed by atoms with Crippen molar-refractivity contribution in [2.24, 2.45) is 5.10 Å². The zero-order valence-electron chi connectivity index (χ0n) is 12.7. The standard InChI is InChI=1S/C15H16ClN3O4S/c16-10-2-1-3-11(8-10)17-15(21)13-4-5-14(20)19(18-13)12-6-7-24(22,23)9-12/h1-3,8,12H,4-7,9H2,(H,17,21)/t12-/m1/s1. The highest BCUT2D eigenvalue weighted by Gasteiger charge is 2.37. The third-order valence-corrected chi connectivity index (χ3v) is 5.94. The molecule has 0 aliphatic carbocycles. The molecule has 0 bridgehead atoms. The number of sulfone groups is 1. The summed E-state index contributed by atoms with van der Waals surface area (Å²) in [6.45, 7) is 0. The number of carbonyl (C=O) groups is 2. The molecule has 2 aliphatic heterocycles. The Morgan fingerprint density at radius 3 is 2.79 bits per heavy atom. The second-order valence-electron chi connectivity index (χ2n) is 5.81. The topological polar surface area (TPSA) is 95.9 Å². The molecule has 1 saturated heterocycles. The molecule has 0 aromatic heterocycles. The highest BCUT2D eigenvalue weighted by molar-refractivity contribution is 7.91. The smallest absolute Gasteiger partial charge is 0.271 e. The van der Waals surface area contributed by atoms with E-state index in [9.17, 15) is 18.0 Å². The highest BCUT2D eigenvalue weighted by Crippen LogP contribution is 2.22. The maximum absolute atomic E-state index is 12.3. The molecule has 0 unspecified atom stereocenters. The number of nitrogens with zero attached hydrogens (tertiary/aromatic N) is 2. The van der Waals surface area contributed by atoms with E-state index in [1.165, 1.54) is 5.01 Å². The summed E-state index contributed by atoms with van der Waals surface area (Å²) in [5.74, 6) is -0.737. The van der Waals surface area contributed by atoms with Crippen LogP contribution >= 0.6 is 11.6 Å². The Bertz CT molecular complexity index is 822. The van der Waals surface area contributed by atoms with Crippen LogP contribution in [0.15, 0.2) is 29.4 Å². The minimum atomic E-state index is -3.14. The molecular formula is C15H16ClN3O4S. The first-order chi connectivity index (χ1) is 11.3. The largest absolute Gasteiger partial charge is 0.321 e. The highest BCUT2D eigenvalue weighted by atomic mass is 35.5. The third kappa shape index (κ3) is 3.76. The van der Waals surface area contributed by atoms with Gasteiger partial charge in [0.2, 0.25) is 5.91 Å². The number of nitrogens with one attached hydrogen (secondary N) is 1. The summed E-state index contributed by atoms with van der Waals surface area (Å²) in [6, 6.07) is 6.21. The maximum Gasteiger partial charge on any atom is 0.271 e. The Labute approximate surface area is 144 Å². The van der Waals surface area contributed by atoms with Gasteiger partial charge in [0, 0.05) is 23.6 Å². The van der Waals surface area contributed by atoms with E-state index in [1.807, 2.05) is 0 Å². The van der Waals surface area contributed by atoms with E-state index in [1.54, 1.807) is 24.3 Å². The van der Waals surface area contributed by atoms with Gasteiger partial charge in [0.05, 0.1) is 17.5 Å². The molecule has 7 nitrogen and oxygen atoms in total. The van der Waals surface area contributed by atoms with Crippen molar-refractivity contribution < 1.29 is 18.0 Å². The molecule has 0 radical (unpaired) electrons. The second-order valence-corrected chi connectivity index (χ2v) is 8.47. The fourth-order valence-electron chi connectivity index (χ4n) is 2.76. The van der Waals surface area contributed by atoms with Crippen molar-refractivity contribution in [1.82, 2.24) is 5.01 Å². The lowest BCUT2D eigenvalue weighted by molar-refractivity contribution is -0.133. The van der Waals surface area contributed by atoms with Crippen molar-refractivity contribution in [2.75, 3.05) is 16.8 Å². The third-order valence-electron chi connectivity index (χ3n) is 3.96. The van der Waals surface area contributed by atoms with Crippen LogP contribution in [0.25, 0.3) is 0 Å². The van der Waals surface area contributed by atoms with E-state index in [-0.39, 0.29) is 36.0 Å². The van der Waals surface area contributed by atoms with Gasteiger partial charge < -0.3 is 5.32 Å². The molecule has 24 heavy (non-hydrogen) atoms. The Morgan fingerprint density at radius 2 is 2.12 bits per heavy atom. The first-order valence-corrected chi connectivity index (χ1v) is 9.71. The molecule has 3 rings (SSSR count). The van der Waals surface area contributed by atoms with Crippen molar-refractivity contribution in [1.29, 1.82) is 0 Å². The van der Waals surface area contributed by atoms with Gasteiger partial charge in [0.25, 0.3) is 5.91 Å². The van der Waals surface area contributed by atoms with Gasteiger partial charge in [-0.3, -0.25) is 9.59 Å². The van der Waals surface area contributed by atoms with Gasteiger partial charge in [-0.25, -0.2) is 13.4 Å². The lowest BCUT2D eigenvalue weighted by Crippen LogP contribution is -2.42. The summed E-state index contributed by atoms with van der Waals surface area (Å²) in [4.78, 5) is 24.4. The molecule has 9 heteroatoms. The number of hydrazone groups is 1. The summed E-state index contributed by atoms with van der Waals surface area (Å²) >= 11 is 5.88. The lowest BCUT2D eigenvalue weighted by atomic mass is 10.1. The fourth-order valence-corrected chi connectivity index (χ4v) is 4.64. The van der Waals surface area contributed by atoms with Crippen LogP contribution in [-0.2, 0) is 19.4 Å². The molecular weight excluding hydrogens is 354 g/mol. The van der Waals surface area contributed by atoms with Crippen LogP contribution in [0.4, 0.5) is 5.69 Å². The Hall–Kier alpha value is -1.93. The number of carbonyl (C=O) groups excluding carboxylic acids is 2.